The summed E-state index contributed by atoms with van der Waals surface area (Å²) in [5, 5.41) is 0. The van der Waals surface area contributed by atoms with Crippen LogP contribution in [0.25, 0.3) is 0 Å². The van der Waals surface area contributed by atoms with Gasteiger partial charge in [0.1, 0.15) is 0 Å². The highest BCUT2D eigenvalue weighted by atomic mass is 16.5. The monoisotopic (exact) mass is 330 g/mol. The molecule has 0 unspecified atom stereocenters. The lowest BCUT2D eigenvalue weighted by molar-refractivity contribution is 0.135. The van der Waals surface area contributed by atoms with Crippen molar-refractivity contribution in [1.29, 1.82) is 0 Å². The van der Waals surface area contributed by atoms with Crippen molar-refractivity contribution >= 4 is 0 Å². The molecule has 2 saturated heterocycles. The minimum Gasteiger partial charge on any atom is -0.385 e. The van der Waals surface area contributed by atoms with E-state index in [1.165, 1.54) is 77.7 Å². The van der Waals surface area contributed by atoms with Crippen molar-refractivity contribution in [2.24, 2.45) is 0 Å². The van der Waals surface area contributed by atoms with E-state index < -0.39 is 0 Å². The molecule has 0 radical (unpaired) electrons. The van der Waals surface area contributed by atoms with Crippen molar-refractivity contribution in [1.82, 2.24) is 9.80 Å². The van der Waals surface area contributed by atoms with Gasteiger partial charge >= 0.3 is 0 Å². The molecule has 2 heterocycles. The molecule has 0 aromatic heterocycles. The number of methoxy groups -OCH3 is 2. The fourth-order valence-corrected chi connectivity index (χ4v) is 2.84. The minimum atomic E-state index is 0.889. The van der Waals surface area contributed by atoms with Gasteiger partial charge in [0.2, 0.25) is 0 Å². The number of piperidine rings is 1. The van der Waals surface area contributed by atoms with Crippen LogP contribution in [0.4, 0.5) is 0 Å². The number of likely N-dealkylation sites (tertiary alicyclic amines) is 2. The Bertz CT molecular complexity index is 215. The average Bonchev–Trinajstić information content (AvgIpc) is 3.09. The van der Waals surface area contributed by atoms with Crippen molar-refractivity contribution in [3.8, 4) is 0 Å². The first-order valence-corrected chi connectivity index (χ1v) is 9.71. The van der Waals surface area contributed by atoms with E-state index in [1.807, 2.05) is 0 Å². The molecule has 2 fully saturated rings. The largest absolute Gasteiger partial charge is 0.385 e. The van der Waals surface area contributed by atoms with Gasteiger partial charge in [-0.15, -0.1) is 0 Å². The van der Waals surface area contributed by atoms with Crippen LogP contribution in [0.2, 0.25) is 0 Å². The normalized spacial score (nSPS) is 18.8. The van der Waals surface area contributed by atoms with E-state index in [4.69, 9.17) is 9.47 Å². The number of nitrogens with zero attached hydrogens (tertiary/aromatic N) is 2. The lowest BCUT2D eigenvalue weighted by atomic mass is 10.1. The Hall–Kier alpha value is -0.160. The third-order valence-electron chi connectivity index (χ3n) is 4.08. The Kier molecular flexibility index (Phi) is 18.1. The van der Waals surface area contributed by atoms with Gasteiger partial charge in [-0.3, -0.25) is 0 Å². The van der Waals surface area contributed by atoms with Gasteiger partial charge in [-0.05, 0) is 58.3 Å². The highest BCUT2D eigenvalue weighted by molar-refractivity contribution is 4.65. The van der Waals surface area contributed by atoms with E-state index in [9.17, 15) is 0 Å². The summed E-state index contributed by atoms with van der Waals surface area (Å²) >= 11 is 0. The Labute approximate surface area is 145 Å². The van der Waals surface area contributed by atoms with Crippen LogP contribution in [0.1, 0.15) is 58.8 Å². The number of hydrogen-bond acceptors (Lipinski definition) is 4. The maximum Gasteiger partial charge on any atom is 0.0589 e. The summed E-state index contributed by atoms with van der Waals surface area (Å²) in [6, 6.07) is 0. The topological polar surface area (TPSA) is 24.9 Å². The quantitative estimate of drug-likeness (QED) is 0.665. The van der Waals surface area contributed by atoms with Gasteiger partial charge in [0.05, 0.1) is 6.61 Å². The highest BCUT2D eigenvalue weighted by Gasteiger charge is 2.09. The summed E-state index contributed by atoms with van der Waals surface area (Å²) in [6.07, 6.45) is 9.41. The lowest BCUT2D eigenvalue weighted by Gasteiger charge is -2.25. The number of rotatable bonds is 7. The summed E-state index contributed by atoms with van der Waals surface area (Å²) < 4.78 is 9.98. The molecule has 4 nitrogen and oxygen atoms in total. The molecule has 0 aliphatic carbocycles. The van der Waals surface area contributed by atoms with Crippen molar-refractivity contribution in [2.75, 3.05) is 66.7 Å². The lowest BCUT2D eigenvalue weighted by Crippen LogP contribution is -2.32. The first-order valence-electron chi connectivity index (χ1n) is 9.71. The Morgan fingerprint density at radius 1 is 0.652 bits per heavy atom. The summed E-state index contributed by atoms with van der Waals surface area (Å²) in [7, 11) is 3.54. The summed E-state index contributed by atoms with van der Waals surface area (Å²) in [5.41, 5.74) is 0. The van der Waals surface area contributed by atoms with Crippen LogP contribution >= 0.6 is 0 Å². The zero-order valence-corrected chi connectivity index (χ0v) is 16.3. The fourth-order valence-electron chi connectivity index (χ4n) is 2.84. The van der Waals surface area contributed by atoms with E-state index in [2.05, 4.69) is 23.6 Å². The van der Waals surface area contributed by atoms with Crippen LogP contribution in [0.5, 0.6) is 0 Å². The first kappa shape index (κ1) is 22.8. The zero-order chi connectivity index (χ0) is 17.2. The molecule has 2 rings (SSSR count). The van der Waals surface area contributed by atoms with E-state index in [0.717, 1.165) is 19.8 Å². The SMILES string of the molecule is CCC.COCCCN1CCCC1.COCCN1CCCCC1. The second-order valence-corrected chi connectivity index (χ2v) is 6.50. The summed E-state index contributed by atoms with van der Waals surface area (Å²) in [4.78, 5) is 4.99. The van der Waals surface area contributed by atoms with Crippen LogP contribution in [-0.2, 0) is 9.47 Å². The van der Waals surface area contributed by atoms with Gasteiger partial charge in [0.25, 0.3) is 0 Å². The molecule has 2 aliphatic rings. The second-order valence-electron chi connectivity index (χ2n) is 6.50. The van der Waals surface area contributed by atoms with Crippen LogP contribution in [0.3, 0.4) is 0 Å². The highest BCUT2D eigenvalue weighted by Crippen LogP contribution is 2.07. The molecular formula is C19H42N2O2. The first-order chi connectivity index (χ1) is 11.3. The van der Waals surface area contributed by atoms with E-state index in [1.54, 1.807) is 14.2 Å². The maximum absolute atomic E-state index is 5.00. The molecule has 4 heteroatoms. The van der Waals surface area contributed by atoms with Crippen LogP contribution in [0.15, 0.2) is 0 Å². The van der Waals surface area contributed by atoms with Gasteiger partial charge in [-0.1, -0.05) is 26.7 Å². The summed E-state index contributed by atoms with van der Waals surface area (Å²) in [5.74, 6) is 0. The predicted octanol–water partition coefficient (Wildman–Crippen LogP) is 3.65. The Morgan fingerprint density at radius 3 is 1.57 bits per heavy atom. The fraction of sp³-hybridized carbons (Fsp3) is 1.00. The standard InChI is InChI=1S/2C8H17NO.C3H8/c1-10-8-4-7-9-5-2-3-6-9;1-10-8-7-9-5-3-2-4-6-9;1-3-2/h2*2-8H2,1H3;3H2,1-2H3. The van der Waals surface area contributed by atoms with E-state index in [0.29, 0.717) is 0 Å². The van der Waals surface area contributed by atoms with Crippen LogP contribution in [0, 0.1) is 0 Å². The molecule has 0 aromatic carbocycles. The molecule has 0 aromatic rings. The van der Waals surface area contributed by atoms with E-state index >= 15 is 0 Å². The smallest absolute Gasteiger partial charge is 0.0589 e. The van der Waals surface area contributed by atoms with Crippen LogP contribution < -0.4 is 0 Å². The van der Waals surface area contributed by atoms with Gasteiger partial charge in [-0.2, -0.15) is 0 Å². The molecule has 23 heavy (non-hydrogen) atoms. The van der Waals surface area contributed by atoms with Crippen molar-refractivity contribution in [2.45, 2.75) is 58.8 Å². The maximum atomic E-state index is 5.00. The molecule has 0 spiro atoms. The van der Waals surface area contributed by atoms with Gasteiger partial charge < -0.3 is 19.3 Å². The van der Waals surface area contributed by atoms with E-state index in [-0.39, 0.29) is 0 Å². The van der Waals surface area contributed by atoms with Gasteiger partial charge in [-0.25, -0.2) is 0 Å². The van der Waals surface area contributed by atoms with Gasteiger partial charge in [0.15, 0.2) is 0 Å². The third-order valence-corrected chi connectivity index (χ3v) is 4.08. The van der Waals surface area contributed by atoms with Crippen molar-refractivity contribution in [3.05, 3.63) is 0 Å². The molecule has 140 valence electrons. The number of hydrogen-bond donors (Lipinski definition) is 0. The Balaban J connectivity index is 0.000000360. The molecular weight excluding hydrogens is 288 g/mol. The third kappa shape index (κ3) is 15.1. The molecule has 0 atom stereocenters. The Morgan fingerprint density at radius 2 is 1.09 bits per heavy atom. The molecule has 0 saturated carbocycles. The van der Waals surface area contributed by atoms with Crippen molar-refractivity contribution in [3.63, 3.8) is 0 Å². The van der Waals surface area contributed by atoms with Gasteiger partial charge in [0, 0.05) is 33.9 Å². The molecule has 0 N–H and O–H groups in total. The van der Waals surface area contributed by atoms with Crippen LogP contribution in [-0.4, -0.2) is 76.5 Å². The molecule has 0 amide bonds. The summed E-state index contributed by atoms with van der Waals surface area (Å²) in [6.45, 7) is 13.6. The second kappa shape index (κ2) is 18.2. The molecule has 0 bridgehead atoms. The average molecular weight is 331 g/mol. The predicted molar refractivity (Wildman–Crippen MR) is 100 cm³/mol. The molecule has 2 aliphatic heterocycles. The minimum absolute atomic E-state index is 0.889. The zero-order valence-electron chi connectivity index (χ0n) is 16.3. The van der Waals surface area contributed by atoms with Crippen molar-refractivity contribution < 1.29 is 9.47 Å². The number of ether oxygens (including phenoxy) is 2.